The fourth-order valence-corrected chi connectivity index (χ4v) is 0.668. The van der Waals surface area contributed by atoms with Crippen LogP contribution in [0.3, 0.4) is 0 Å². The van der Waals surface area contributed by atoms with Crippen LogP contribution < -0.4 is 11.2 Å². The van der Waals surface area contributed by atoms with Crippen LogP contribution in [0, 0.1) is 0 Å². The van der Waals surface area contributed by atoms with Gasteiger partial charge in [0.2, 0.25) is 5.91 Å². The SMILES string of the molecule is CCC(NN(C)C)C(N)=O. The molecule has 0 aliphatic heterocycles. The van der Waals surface area contributed by atoms with Crippen LogP contribution in [-0.2, 0) is 4.79 Å². The maximum Gasteiger partial charge on any atom is 0.235 e. The number of primary amides is 1. The minimum Gasteiger partial charge on any atom is -0.368 e. The predicted octanol–water partition coefficient (Wildman–Crippen LogP) is -0.683. The van der Waals surface area contributed by atoms with Gasteiger partial charge in [0, 0.05) is 14.1 Å². The minimum absolute atomic E-state index is 0.241. The third kappa shape index (κ3) is 3.42. The number of carbonyl (C=O) groups excluding carboxylic acids is 1. The molecule has 1 amide bonds. The molecule has 0 aromatic heterocycles. The molecule has 10 heavy (non-hydrogen) atoms. The average Bonchev–Trinajstić information content (AvgIpc) is 1.81. The molecule has 0 fully saturated rings. The Balaban J connectivity index is 3.72. The predicted molar refractivity (Wildman–Crippen MR) is 40.1 cm³/mol. The molecule has 0 heterocycles. The summed E-state index contributed by atoms with van der Waals surface area (Å²) in [5.74, 6) is -0.309. The van der Waals surface area contributed by atoms with Gasteiger partial charge in [-0.05, 0) is 6.42 Å². The van der Waals surface area contributed by atoms with Crippen LogP contribution in [0.4, 0.5) is 0 Å². The van der Waals surface area contributed by atoms with Gasteiger partial charge in [0.25, 0.3) is 0 Å². The number of rotatable bonds is 4. The van der Waals surface area contributed by atoms with Crippen LogP contribution in [0.15, 0.2) is 0 Å². The topological polar surface area (TPSA) is 58.4 Å². The Morgan fingerprint density at radius 3 is 2.30 bits per heavy atom. The molecule has 0 aliphatic carbocycles. The standard InChI is InChI=1S/C6H15N3O/c1-4-5(6(7)10)8-9(2)3/h5,8H,4H2,1-3H3,(H2,7,10). The fourth-order valence-electron chi connectivity index (χ4n) is 0.668. The average molecular weight is 145 g/mol. The van der Waals surface area contributed by atoms with Gasteiger partial charge in [0.1, 0.15) is 0 Å². The summed E-state index contributed by atoms with van der Waals surface area (Å²) in [5, 5.41) is 1.72. The summed E-state index contributed by atoms with van der Waals surface area (Å²) in [6.45, 7) is 1.91. The van der Waals surface area contributed by atoms with Gasteiger partial charge in [-0.1, -0.05) is 6.92 Å². The first kappa shape index (κ1) is 9.39. The van der Waals surface area contributed by atoms with E-state index < -0.39 is 0 Å². The molecular weight excluding hydrogens is 130 g/mol. The maximum atomic E-state index is 10.6. The maximum absolute atomic E-state index is 10.6. The molecule has 4 nitrogen and oxygen atoms in total. The Labute approximate surface area is 61.3 Å². The molecule has 60 valence electrons. The monoisotopic (exact) mass is 145 g/mol. The lowest BCUT2D eigenvalue weighted by Crippen LogP contribution is -2.47. The Morgan fingerprint density at radius 1 is 1.70 bits per heavy atom. The number of hydrazine groups is 1. The van der Waals surface area contributed by atoms with Gasteiger partial charge >= 0.3 is 0 Å². The lowest BCUT2D eigenvalue weighted by Gasteiger charge is -2.18. The van der Waals surface area contributed by atoms with Crippen LogP contribution >= 0.6 is 0 Å². The van der Waals surface area contributed by atoms with Crippen LogP contribution in [0.5, 0.6) is 0 Å². The van der Waals surface area contributed by atoms with Crippen LogP contribution in [0.2, 0.25) is 0 Å². The van der Waals surface area contributed by atoms with E-state index in [1.54, 1.807) is 5.01 Å². The van der Waals surface area contributed by atoms with Crippen molar-refractivity contribution in [2.75, 3.05) is 14.1 Å². The molecule has 1 unspecified atom stereocenters. The molecule has 0 bridgehead atoms. The van der Waals surface area contributed by atoms with Gasteiger partial charge in [-0.15, -0.1) is 0 Å². The van der Waals surface area contributed by atoms with Crippen molar-refractivity contribution in [3.63, 3.8) is 0 Å². The lowest BCUT2D eigenvalue weighted by molar-refractivity contribution is -0.121. The molecule has 0 rings (SSSR count). The summed E-state index contributed by atoms with van der Waals surface area (Å²) < 4.78 is 0. The van der Waals surface area contributed by atoms with E-state index in [1.807, 2.05) is 21.0 Å². The molecule has 0 saturated carbocycles. The summed E-state index contributed by atoms with van der Waals surface area (Å²) in [5.41, 5.74) is 7.96. The summed E-state index contributed by atoms with van der Waals surface area (Å²) in [6, 6.07) is -0.241. The zero-order valence-corrected chi connectivity index (χ0v) is 6.72. The second kappa shape index (κ2) is 4.24. The summed E-state index contributed by atoms with van der Waals surface area (Å²) in [4.78, 5) is 10.6. The number of amides is 1. The first-order valence-electron chi connectivity index (χ1n) is 3.30. The van der Waals surface area contributed by atoms with Crippen LogP contribution in [0.1, 0.15) is 13.3 Å². The van der Waals surface area contributed by atoms with Gasteiger partial charge in [0.05, 0.1) is 6.04 Å². The highest BCUT2D eigenvalue weighted by Gasteiger charge is 2.11. The minimum atomic E-state index is -0.309. The normalized spacial score (nSPS) is 13.6. The van der Waals surface area contributed by atoms with E-state index in [-0.39, 0.29) is 11.9 Å². The number of hydrogen-bond donors (Lipinski definition) is 2. The number of carbonyl (C=O) groups is 1. The van der Waals surface area contributed by atoms with Crippen molar-refractivity contribution < 1.29 is 4.79 Å². The van der Waals surface area contributed by atoms with Gasteiger partial charge in [-0.2, -0.15) is 0 Å². The molecule has 3 N–H and O–H groups in total. The highest BCUT2D eigenvalue weighted by molar-refractivity contribution is 5.79. The molecule has 0 saturated heterocycles. The highest BCUT2D eigenvalue weighted by Crippen LogP contribution is 1.88. The van der Waals surface area contributed by atoms with E-state index in [4.69, 9.17) is 5.73 Å². The van der Waals surface area contributed by atoms with E-state index in [0.29, 0.717) is 6.42 Å². The molecular formula is C6H15N3O. The van der Waals surface area contributed by atoms with Crippen molar-refractivity contribution in [1.29, 1.82) is 0 Å². The Bertz CT molecular complexity index is 114. The molecule has 0 spiro atoms. The molecule has 0 aromatic rings. The summed E-state index contributed by atoms with van der Waals surface area (Å²) in [6.07, 6.45) is 0.716. The van der Waals surface area contributed by atoms with Crippen molar-refractivity contribution in [2.24, 2.45) is 5.73 Å². The van der Waals surface area contributed by atoms with Crippen molar-refractivity contribution in [1.82, 2.24) is 10.4 Å². The Morgan fingerprint density at radius 2 is 2.20 bits per heavy atom. The van der Waals surface area contributed by atoms with E-state index in [9.17, 15) is 4.79 Å². The number of nitrogens with zero attached hydrogens (tertiary/aromatic N) is 1. The number of hydrogen-bond acceptors (Lipinski definition) is 3. The molecule has 0 aromatic carbocycles. The Kier molecular flexibility index (Phi) is 3.99. The molecule has 0 aliphatic rings. The largest absolute Gasteiger partial charge is 0.368 e. The Hall–Kier alpha value is -0.610. The second-order valence-corrected chi connectivity index (χ2v) is 2.39. The fraction of sp³-hybridized carbons (Fsp3) is 0.833. The van der Waals surface area contributed by atoms with Crippen molar-refractivity contribution in [3.05, 3.63) is 0 Å². The van der Waals surface area contributed by atoms with E-state index in [0.717, 1.165) is 0 Å². The zero-order valence-electron chi connectivity index (χ0n) is 6.72. The van der Waals surface area contributed by atoms with E-state index >= 15 is 0 Å². The lowest BCUT2D eigenvalue weighted by atomic mass is 10.2. The first-order chi connectivity index (χ1) is 4.57. The third-order valence-electron chi connectivity index (χ3n) is 1.17. The van der Waals surface area contributed by atoms with Crippen molar-refractivity contribution in [3.8, 4) is 0 Å². The van der Waals surface area contributed by atoms with Gasteiger partial charge in [-0.3, -0.25) is 4.79 Å². The van der Waals surface area contributed by atoms with Crippen LogP contribution in [-0.4, -0.2) is 31.1 Å². The first-order valence-corrected chi connectivity index (χ1v) is 3.30. The van der Waals surface area contributed by atoms with E-state index in [1.165, 1.54) is 0 Å². The van der Waals surface area contributed by atoms with Crippen molar-refractivity contribution in [2.45, 2.75) is 19.4 Å². The molecule has 4 heteroatoms. The smallest absolute Gasteiger partial charge is 0.235 e. The second-order valence-electron chi connectivity index (χ2n) is 2.39. The third-order valence-corrected chi connectivity index (χ3v) is 1.17. The molecule has 0 radical (unpaired) electrons. The summed E-state index contributed by atoms with van der Waals surface area (Å²) >= 11 is 0. The molecule has 1 atom stereocenters. The number of nitrogens with one attached hydrogen (secondary N) is 1. The zero-order chi connectivity index (χ0) is 8.15. The number of nitrogens with two attached hydrogens (primary N) is 1. The van der Waals surface area contributed by atoms with E-state index in [2.05, 4.69) is 5.43 Å². The summed E-state index contributed by atoms with van der Waals surface area (Å²) in [7, 11) is 3.65. The highest BCUT2D eigenvalue weighted by atomic mass is 16.1. The quantitative estimate of drug-likeness (QED) is 0.515. The van der Waals surface area contributed by atoms with Gasteiger partial charge in [-0.25, -0.2) is 10.4 Å². The van der Waals surface area contributed by atoms with Crippen molar-refractivity contribution >= 4 is 5.91 Å². The van der Waals surface area contributed by atoms with Gasteiger partial charge in [0.15, 0.2) is 0 Å². The van der Waals surface area contributed by atoms with Crippen LogP contribution in [0.25, 0.3) is 0 Å². The van der Waals surface area contributed by atoms with Gasteiger partial charge < -0.3 is 5.73 Å².